The van der Waals surface area contributed by atoms with E-state index in [0.717, 1.165) is 24.3 Å². The number of pyridine rings is 1. The van der Waals surface area contributed by atoms with Gasteiger partial charge in [0.2, 0.25) is 11.8 Å². The van der Waals surface area contributed by atoms with Gasteiger partial charge in [-0.1, -0.05) is 29.7 Å². The number of hydrogen-bond acceptors (Lipinski definition) is 32. The second-order valence-electron chi connectivity index (χ2n) is 20.8. The van der Waals surface area contributed by atoms with Gasteiger partial charge in [0.05, 0.1) is 336 Å². The minimum absolute atomic E-state index is 0.0383. The molecule has 1 rings (SSSR count). The second-order valence-corrected chi connectivity index (χ2v) is 24.6. The number of carbonyl (C=O) groups is 2. The predicted octanol–water partition coefficient (Wildman–Crippen LogP) is 3.56. The van der Waals surface area contributed by atoms with E-state index < -0.39 is 7.82 Å². The van der Waals surface area contributed by atoms with Crippen LogP contribution in [-0.2, 0) is 137 Å². The van der Waals surface area contributed by atoms with Crippen LogP contribution in [0, 0.1) is 0 Å². The molecule has 0 aliphatic carbocycles. The highest BCUT2D eigenvalue weighted by atomic mass is 33.1. The fourth-order valence-electron chi connectivity index (χ4n) is 7.46. The van der Waals surface area contributed by atoms with E-state index in [-0.39, 0.29) is 31.4 Å². The lowest BCUT2D eigenvalue weighted by Crippen LogP contribution is -2.28. The average molecular weight is 1540 g/mol. The summed E-state index contributed by atoms with van der Waals surface area (Å²) in [7, 11) is -1.00. The first-order valence-corrected chi connectivity index (χ1v) is 39.5. The first kappa shape index (κ1) is 98.0. The summed E-state index contributed by atoms with van der Waals surface area (Å²) in [6.45, 7) is 25.1. The van der Waals surface area contributed by atoms with Gasteiger partial charge in [0.15, 0.2) is 0 Å². The summed E-state index contributed by atoms with van der Waals surface area (Å²) in [5.74, 6) is 0.242. The van der Waals surface area contributed by atoms with Crippen molar-refractivity contribution in [2.24, 2.45) is 0 Å². The highest BCUT2D eigenvalue weighted by Crippen LogP contribution is 2.43. The Morgan fingerprint density at radius 3 is 0.873 bits per heavy atom. The fraction of sp³-hybridized carbons (Fsp3) is 0.894. The standard InChI is InChI=1S/C66H126N3O30PS2/c1-2-98-100(72,73)99-14-8-4-3-6-11-67-64(70)10-15-74-17-19-76-21-23-78-25-27-80-29-31-82-33-35-84-37-39-86-41-43-88-45-47-90-49-51-92-53-55-94-57-59-96-61-62-97-60-58-95-56-54-93-52-50-91-48-46-89-44-42-87-40-38-85-36-34-83-32-30-81-28-26-79-24-22-77-20-18-75-16-13-68-65(71)63-101-102-66-9-5-7-12-69-66/h5,7,9,12H,2-4,6,8,10-11,13-63H2,1H3,(H,67,70)(H,68,71)(H,72,73). The summed E-state index contributed by atoms with van der Waals surface area (Å²) >= 11 is 0. The van der Waals surface area contributed by atoms with E-state index in [9.17, 15) is 19.0 Å². The maximum Gasteiger partial charge on any atom is 0.472 e. The molecular weight excluding hydrogens is 1410 g/mol. The van der Waals surface area contributed by atoms with E-state index in [0.29, 0.717) is 342 Å². The van der Waals surface area contributed by atoms with Crippen molar-refractivity contribution in [2.75, 3.05) is 349 Å². The molecule has 1 unspecified atom stereocenters. The Kier molecular flexibility index (Phi) is 81.2. The lowest BCUT2D eigenvalue weighted by Gasteiger charge is -2.10. The summed E-state index contributed by atoms with van der Waals surface area (Å²) < 4.78 is 153. The van der Waals surface area contributed by atoms with Crippen LogP contribution in [0.15, 0.2) is 29.4 Å². The molecule has 0 spiro atoms. The first-order chi connectivity index (χ1) is 50.4. The summed E-state index contributed by atoms with van der Waals surface area (Å²) in [6, 6.07) is 5.68. The molecule has 3 N–H and O–H groups in total. The largest absolute Gasteiger partial charge is 0.472 e. The van der Waals surface area contributed by atoms with Crippen LogP contribution in [0.4, 0.5) is 0 Å². The molecule has 0 saturated heterocycles. The Bertz CT molecular complexity index is 1890. The molecule has 1 heterocycles. The maximum atomic E-state index is 11.9. The summed E-state index contributed by atoms with van der Waals surface area (Å²) in [6.07, 6.45) is 5.16. The molecule has 0 fully saturated rings. The summed E-state index contributed by atoms with van der Waals surface area (Å²) in [5.41, 5.74) is 0. The number of amides is 2. The Morgan fingerprint density at radius 2 is 0.598 bits per heavy atom. The van der Waals surface area contributed by atoms with Crippen molar-refractivity contribution in [2.45, 2.75) is 44.1 Å². The van der Waals surface area contributed by atoms with Crippen molar-refractivity contribution in [3.8, 4) is 0 Å². The van der Waals surface area contributed by atoms with E-state index in [1.165, 1.54) is 21.6 Å². The normalized spacial score (nSPS) is 12.3. The van der Waals surface area contributed by atoms with Gasteiger partial charge in [0, 0.05) is 25.7 Å². The monoisotopic (exact) mass is 1540 g/mol. The topological polar surface area (TPSA) is 348 Å². The number of hydrogen-bond donors (Lipinski definition) is 3. The molecule has 0 aromatic carbocycles. The van der Waals surface area contributed by atoms with Crippen LogP contribution >= 0.6 is 29.4 Å². The molecule has 0 bridgehead atoms. The van der Waals surface area contributed by atoms with E-state index >= 15 is 0 Å². The Balaban J connectivity index is 1.60. The molecule has 0 aliphatic heterocycles. The molecule has 102 heavy (non-hydrogen) atoms. The van der Waals surface area contributed by atoms with Crippen LogP contribution < -0.4 is 10.6 Å². The lowest BCUT2D eigenvalue weighted by atomic mass is 10.2. The van der Waals surface area contributed by atoms with Gasteiger partial charge >= 0.3 is 7.82 Å². The summed E-state index contributed by atoms with van der Waals surface area (Å²) in [4.78, 5) is 37.4. The molecule has 33 nitrogen and oxygen atoms in total. The lowest BCUT2D eigenvalue weighted by molar-refractivity contribution is -0.122. The minimum atomic E-state index is -3.92. The third-order valence-electron chi connectivity index (χ3n) is 12.5. The Hall–Kier alpha value is -2.06. The Labute approximate surface area is 613 Å². The number of rotatable bonds is 89. The van der Waals surface area contributed by atoms with Crippen molar-refractivity contribution >= 4 is 41.2 Å². The third kappa shape index (κ3) is 82.0. The zero-order valence-corrected chi connectivity index (χ0v) is 63.3. The highest BCUT2D eigenvalue weighted by molar-refractivity contribution is 8.76. The van der Waals surface area contributed by atoms with E-state index in [1.807, 2.05) is 18.2 Å². The van der Waals surface area contributed by atoms with Gasteiger partial charge in [-0.15, -0.1) is 0 Å². The van der Waals surface area contributed by atoms with E-state index in [4.69, 9.17) is 118 Å². The predicted molar refractivity (Wildman–Crippen MR) is 379 cm³/mol. The number of phosphoric ester groups is 1. The smallest absolute Gasteiger partial charge is 0.379 e. The van der Waals surface area contributed by atoms with E-state index in [1.54, 1.807) is 13.1 Å². The van der Waals surface area contributed by atoms with Crippen LogP contribution in [0.1, 0.15) is 39.0 Å². The minimum Gasteiger partial charge on any atom is -0.379 e. The number of phosphoric acid groups is 1. The number of carbonyl (C=O) groups excluding carboxylic acids is 2. The van der Waals surface area contributed by atoms with Crippen LogP contribution in [0.3, 0.4) is 0 Å². The zero-order chi connectivity index (χ0) is 73.0. The quantitative estimate of drug-likeness (QED) is 0.0477. The molecule has 0 saturated carbocycles. The molecular formula is C66H126N3O30PS2. The van der Waals surface area contributed by atoms with Crippen molar-refractivity contribution in [1.29, 1.82) is 0 Å². The van der Waals surface area contributed by atoms with Crippen molar-refractivity contribution in [3.05, 3.63) is 24.4 Å². The third-order valence-corrected chi connectivity index (χ3v) is 15.7. The molecule has 0 radical (unpaired) electrons. The molecule has 1 atom stereocenters. The zero-order valence-electron chi connectivity index (χ0n) is 60.8. The number of aromatic nitrogens is 1. The molecule has 36 heteroatoms. The van der Waals surface area contributed by atoms with Crippen molar-refractivity contribution in [3.63, 3.8) is 0 Å². The number of nitrogens with zero attached hydrogens (tertiary/aromatic N) is 1. The van der Waals surface area contributed by atoms with Gasteiger partial charge in [-0.3, -0.25) is 18.6 Å². The number of nitrogens with one attached hydrogen (secondary N) is 2. The van der Waals surface area contributed by atoms with Gasteiger partial charge in [0.1, 0.15) is 5.03 Å². The molecule has 602 valence electrons. The SMILES string of the molecule is CCOP(=O)(O)OCCCCCCNC(=O)CCOCCOCCOCCOCCOCCOCCOCCOCCOCCOCCOCCOCCOCCOCCOCCOCCOCCOCCOCCOCCOCCOCCOCCOCCNC(=O)CSSc1ccccn1. The highest BCUT2D eigenvalue weighted by Gasteiger charge is 2.19. The Morgan fingerprint density at radius 1 is 0.333 bits per heavy atom. The van der Waals surface area contributed by atoms with Gasteiger partial charge in [-0.25, -0.2) is 9.55 Å². The maximum absolute atomic E-state index is 11.9. The van der Waals surface area contributed by atoms with Crippen LogP contribution in [-0.4, -0.2) is 371 Å². The average Bonchev–Trinajstić information content (AvgIpc) is 1.22. The van der Waals surface area contributed by atoms with Gasteiger partial charge in [-0.2, -0.15) is 0 Å². The van der Waals surface area contributed by atoms with Crippen molar-refractivity contribution in [1.82, 2.24) is 15.6 Å². The van der Waals surface area contributed by atoms with Crippen molar-refractivity contribution < 1.29 is 142 Å². The number of ether oxygens (including phenoxy) is 24. The first-order valence-electron chi connectivity index (χ1n) is 35.6. The molecule has 0 aliphatic rings. The summed E-state index contributed by atoms with van der Waals surface area (Å²) in [5, 5.41) is 6.56. The second kappa shape index (κ2) is 84.6. The molecule has 1 aromatic rings. The number of unbranched alkanes of at least 4 members (excludes halogenated alkanes) is 3. The van der Waals surface area contributed by atoms with Gasteiger partial charge < -0.3 is 129 Å². The van der Waals surface area contributed by atoms with Crippen LogP contribution in [0.5, 0.6) is 0 Å². The molecule has 2 amide bonds. The van der Waals surface area contributed by atoms with E-state index in [2.05, 4.69) is 20.1 Å². The van der Waals surface area contributed by atoms with Gasteiger partial charge in [0.25, 0.3) is 0 Å². The fourth-order valence-corrected chi connectivity index (χ4v) is 10.00. The van der Waals surface area contributed by atoms with Gasteiger partial charge in [-0.05, 0) is 42.7 Å². The van der Waals surface area contributed by atoms with Crippen LogP contribution in [0.2, 0.25) is 0 Å². The van der Waals surface area contributed by atoms with Crippen LogP contribution in [0.25, 0.3) is 0 Å². The molecule has 1 aromatic heterocycles.